The quantitative estimate of drug-likeness (QED) is 0.596. The second-order valence-corrected chi connectivity index (χ2v) is 8.50. The Kier molecular flexibility index (Phi) is 6.74. The zero-order valence-electron chi connectivity index (χ0n) is 16.9. The van der Waals surface area contributed by atoms with Gasteiger partial charge in [0.15, 0.2) is 0 Å². The van der Waals surface area contributed by atoms with Gasteiger partial charge in [0.2, 0.25) is 0 Å². The first-order valence-corrected chi connectivity index (χ1v) is 11.0. The molecule has 0 aromatic heterocycles. The second-order valence-electron chi connectivity index (χ2n) is 6.53. The van der Waals surface area contributed by atoms with E-state index in [4.69, 9.17) is 4.74 Å². The van der Waals surface area contributed by atoms with Gasteiger partial charge in [0.05, 0.1) is 22.8 Å². The van der Waals surface area contributed by atoms with Crippen molar-refractivity contribution < 1.29 is 17.9 Å². The maximum absolute atomic E-state index is 13.0. The lowest BCUT2D eigenvalue weighted by atomic mass is 10.1. The highest BCUT2D eigenvalue weighted by Gasteiger charge is 2.24. The summed E-state index contributed by atoms with van der Waals surface area (Å²) in [6, 6.07) is 22.2. The molecule has 3 aromatic rings. The summed E-state index contributed by atoms with van der Waals surface area (Å²) in [5, 5.41) is 2.86. The first-order valence-electron chi connectivity index (χ1n) is 9.57. The van der Waals surface area contributed by atoms with E-state index in [1.54, 1.807) is 42.5 Å². The van der Waals surface area contributed by atoms with Crippen molar-refractivity contribution in [3.8, 4) is 5.75 Å². The molecule has 3 aromatic carbocycles. The third-order valence-electron chi connectivity index (χ3n) is 4.60. The molecular formula is C23H24N2O4S. The number of hydrogen-bond acceptors (Lipinski definition) is 4. The van der Waals surface area contributed by atoms with Gasteiger partial charge in [0.1, 0.15) is 5.75 Å². The van der Waals surface area contributed by atoms with Crippen molar-refractivity contribution >= 4 is 21.6 Å². The number of para-hydroxylation sites is 2. The van der Waals surface area contributed by atoms with Crippen molar-refractivity contribution in [2.45, 2.75) is 18.4 Å². The highest BCUT2D eigenvalue weighted by molar-refractivity contribution is 7.92. The van der Waals surface area contributed by atoms with Crippen LogP contribution in [0.4, 0.5) is 5.69 Å². The fourth-order valence-corrected chi connectivity index (χ4v) is 4.27. The molecule has 0 spiro atoms. The standard InChI is InChI=1S/C23H24N2O4S/c1-3-29-22-16-10-7-11-18(22)17-24-23(26)20-14-8-9-15-21(20)25(2)30(27,28)19-12-5-4-6-13-19/h4-16H,3,17H2,1-2H3,(H,24,26). The van der Waals surface area contributed by atoms with Gasteiger partial charge in [-0.15, -0.1) is 0 Å². The molecule has 0 heterocycles. The lowest BCUT2D eigenvalue weighted by Gasteiger charge is -2.22. The minimum absolute atomic E-state index is 0.161. The van der Waals surface area contributed by atoms with E-state index in [2.05, 4.69) is 5.32 Å². The monoisotopic (exact) mass is 424 g/mol. The minimum Gasteiger partial charge on any atom is -0.494 e. The number of sulfonamides is 1. The molecule has 6 nitrogen and oxygen atoms in total. The number of nitrogens with zero attached hydrogens (tertiary/aromatic N) is 1. The van der Waals surface area contributed by atoms with Crippen molar-refractivity contribution in [3.63, 3.8) is 0 Å². The largest absolute Gasteiger partial charge is 0.494 e. The molecule has 0 bridgehead atoms. The molecule has 1 amide bonds. The van der Waals surface area contributed by atoms with E-state index in [-0.39, 0.29) is 22.9 Å². The topological polar surface area (TPSA) is 75.7 Å². The van der Waals surface area contributed by atoms with Crippen molar-refractivity contribution in [1.29, 1.82) is 0 Å². The Bertz CT molecular complexity index is 1110. The summed E-state index contributed by atoms with van der Waals surface area (Å²) in [5.41, 5.74) is 1.42. The fourth-order valence-electron chi connectivity index (χ4n) is 3.04. The molecular weight excluding hydrogens is 400 g/mol. The van der Waals surface area contributed by atoms with Crippen LogP contribution in [0.2, 0.25) is 0 Å². The number of carbonyl (C=O) groups is 1. The van der Waals surface area contributed by atoms with Gasteiger partial charge in [-0.1, -0.05) is 48.5 Å². The van der Waals surface area contributed by atoms with Gasteiger partial charge in [-0.2, -0.15) is 0 Å². The summed E-state index contributed by atoms with van der Waals surface area (Å²) >= 11 is 0. The SMILES string of the molecule is CCOc1ccccc1CNC(=O)c1ccccc1N(C)S(=O)(=O)c1ccccc1. The molecule has 0 radical (unpaired) electrons. The van der Waals surface area contributed by atoms with Crippen LogP contribution in [-0.4, -0.2) is 28.0 Å². The Morgan fingerprint density at radius 1 is 0.933 bits per heavy atom. The minimum atomic E-state index is -3.80. The van der Waals surface area contributed by atoms with E-state index in [1.165, 1.54) is 19.2 Å². The summed E-state index contributed by atoms with van der Waals surface area (Å²) in [6.45, 7) is 2.68. The average Bonchev–Trinajstić information content (AvgIpc) is 2.78. The summed E-state index contributed by atoms with van der Waals surface area (Å²) in [7, 11) is -2.35. The molecule has 0 unspecified atom stereocenters. The molecule has 30 heavy (non-hydrogen) atoms. The lowest BCUT2D eigenvalue weighted by molar-refractivity contribution is 0.0951. The van der Waals surface area contributed by atoms with Gasteiger partial charge >= 0.3 is 0 Å². The van der Waals surface area contributed by atoms with Crippen molar-refractivity contribution in [1.82, 2.24) is 5.32 Å². The maximum Gasteiger partial charge on any atom is 0.264 e. The number of rotatable bonds is 8. The van der Waals surface area contributed by atoms with E-state index >= 15 is 0 Å². The van der Waals surface area contributed by atoms with Crippen LogP contribution >= 0.6 is 0 Å². The van der Waals surface area contributed by atoms with Gasteiger partial charge in [-0.3, -0.25) is 9.10 Å². The molecule has 0 saturated carbocycles. The molecule has 0 fully saturated rings. The number of hydrogen-bond donors (Lipinski definition) is 1. The molecule has 1 N–H and O–H groups in total. The third-order valence-corrected chi connectivity index (χ3v) is 6.39. The van der Waals surface area contributed by atoms with Crippen LogP contribution in [0.3, 0.4) is 0 Å². The van der Waals surface area contributed by atoms with Gasteiger partial charge in [0, 0.05) is 19.2 Å². The van der Waals surface area contributed by atoms with Crippen molar-refractivity contribution in [2.75, 3.05) is 18.0 Å². The summed E-state index contributed by atoms with van der Waals surface area (Å²) < 4.78 is 32.7. The molecule has 0 aliphatic rings. The Labute approximate surface area is 177 Å². The van der Waals surface area contributed by atoms with Crippen LogP contribution in [0.5, 0.6) is 5.75 Å². The third kappa shape index (κ3) is 4.63. The van der Waals surface area contributed by atoms with Crippen LogP contribution < -0.4 is 14.4 Å². The number of anilines is 1. The number of ether oxygens (including phenoxy) is 1. The van der Waals surface area contributed by atoms with E-state index in [1.807, 2.05) is 31.2 Å². The first kappa shape index (κ1) is 21.4. The predicted molar refractivity (Wildman–Crippen MR) is 117 cm³/mol. The maximum atomic E-state index is 13.0. The molecule has 156 valence electrons. The number of amides is 1. The van der Waals surface area contributed by atoms with Crippen LogP contribution in [0.1, 0.15) is 22.8 Å². The summed E-state index contributed by atoms with van der Waals surface area (Å²) in [6.07, 6.45) is 0. The Balaban J connectivity index is 1.84. The molecule has 0 aliphatic carbocycles. The number of benzene rings is 3. The molecule has 0 saturated heterocycles. The number of nitrogens with one attached hydrogen (secondary N) is 1. The molecule has 0 aliphatic heterocycles. The molecule has 0 atom stereocenters. The van der Waals surface area contributed by atoms with Gasteiger partial charge in [-0.05, 0) is 37.3 Å². The van der Waals surface area contributed by atoms with E-state index in [9.17, 15) is 13.2 Å². The van der Waals surface area contributed by atoms with E-state index in [0.717, 1.165) is 9.87 Å². The van der Waals surface area contributed by atoms with Gasteiger partial charge in [-0.25, -0.2) is 8.42 Å². The van der Waals surface area contributed by atoms with Gasteiger partial charge in [0.25, 0.3) is 15.9 Å². The van der Waals surface area contributed by atoms with Crippen LogP contribution in [0.15, 0.2) is 83.8 Å². The van der Waals surface area contributed by atoms with Crippen molar-refractivity contribution in [3.05, 3.63) is 90.0 Å². The normalized spacial score (nSPS) is 11.0. The molecule has 3 rings (SSSR count). The van der Waals surface area contributed by atoms with E-state index in [0.29, 0.717) is 18.0 Å². The Hall–Kier alpha value is -3.32. The van der Waals surface area contributed by atoms with Crippen LogP contribution in [0, 0.1) is 0 Å². The Morgan fingerprint density at radius 2 is 1.57 bits per heavy atom. The fraction of sp³-hybridized carbons (Fsp3) is 0.174. The Morgan fingerprint density at radius 3 is 2.30 bits per heavy atom. The first-order chi connectivity index (χ1) is 14.4. The average molecular weight is 425 g/mol. The van der Waals surface area contributed by atoms with Crippen LogP contribution in [-0.2, 0) is 16.6 Å². The lowest BCUT2D eigenvalue weighted by Crippen LogP contribution is -2.30. The number of carbonyl (C=O) groups excluding carboxylic acids is 1. The summed E-state index contributed by atoms with van der Waals surface area (Å²) in [4.78, 5) is 13.1. The molecule has 7 heteroatoms. The van der Waals surface area contributed by atoms with Crippen LogP contribution in [0.25, 0.3) is 0 Å². The highest BCUT2D eigenvalue weighted by Crippen LogP contribution is 2.26. The predicted octanol–water partition coefficient (Wildman–Crippen LogP) is 3.84. The summed E-state index contributed by atoms with van der Waals surface area (Å²) in [5.74, 6) is 0.337. The highest BCUT2D eigenvalue weighted by atomic mass is 32.2. The zero-order valence-corrected chi connectivity index (χ0v) is 17.7. The van der Waals surface area contributed by atoms with Gasteiger partial charge < -0.3 is 10.1 Å². The second kappa shape index (κ2) is 9.45. The van der Waals surface area contributed by atoms with E-state index < -0.39 is 10.0 Å². The zero-order chi connectivity index (χ0) is 21.6. The smallest absolute Gasteiger partial charge is 0.264 e. The van der Waals surface area contributed by atoms with Crippen molar-refractivity contribution in [2.24, 2.45) is 0 Å².